The molecule has 0 aromatic heterocycles. The third-order valence-electron chi connectivity index (χ3n) is 5.69. The predicted molar refractivity (Wildman–Crippen MR) is 85.9 cm³/mol. The number of benzene rings is 1. The molecule has 2 aliphatic carbocycles. The van der Waals surface area contributed by atoms with Gasteiger partial charge in [0.15, 0.2) is 0 Å². The number of hydrogen-bond acceptors (Lipinski definition) is 1. The van der Waals surface area contributed by atoms with Crippen molar-refractivity contribution in [2.24, 2.45) is 5.41 Å². The van der Waals surface area contributed by atoms with Gasteiger partial charge >= 0.3 is 0 Å². The van der Waals surface area contributed by atoms with Crippen LogP contribution in [0.15, 0.2) is 24.3 Å². The second-order valence-corrected chi connectivity index (χ2v) is 7.38. The SMILES string of the molecule is CC(Cc1ccc(F)cc1)NC1CCC2(CCCC2)CC1. The highest BCUT2D eigenvalue weighted by Crippen LogP contribution is 2.48. The van der Waals surface area contributed by atoms with E-state index in [4.69, 9.17) is 0 Å². The van der Waals surface area contributed by atoms with Gasteiger partial charge in [-0.25, -0.2) is 4.39 Å². The van der Waals surface area contributed by atoms with Crippen molar-refractivity contribution in [3.8, 4) is 0 Å². The molecule has 1 aromatic rings. The molecule has 116 valence electrons. The van der Waals surface area contributed by atoms with Crippen LogP contribution in [0.3, 0.4) is 0 Å². The minimum Gasteiger partial charge on any atom is -0.311 e. The monoisotopic (exact) mass is 289 g/mol. The summed E-state index contributed by atoms with van der Waals surface area (Å²) in [4.78, 5) is 0. The lowest BCUT2D eigenvalue weighted by molar-refractivity contribution is 0.163. The quantitative estimate of drug-likeness (QED) is 0.835. The van der Waals surface area contributed by atoms with Gasteiger partial charge in [0, 0.05) is 12.1 Å². The van der Waals surface area contributed by atoms with E-state index in [2.05, 4.69) is 12.2 Å². The standard InChI is InChI=1S/C19H28FN/c1-15(14-16-4-6-17(20)7-5-16)21-18-8-12-19(13-9-18)10-2-3-11-19/h4-7,15,18,21H,2-3,8-14H2,1H3. The molecule has 1 unspecified atom stereocenters. The zero-order valence-electron chi connectivity index (χ0n) is 13.2. The Morgan fingerprint density at radius 2 is 1.71 bits per heavy atom. The predicted octanol–water partition coefficient (Wildman–Crippen LogP) is 4.85. The van der Waals surface area contributed by atoms with E-state index < -0.39 is 0 Å². The Labute approximate surface area is 128 Å². The topological polar surface area (TPSA) is 12.0 Å². The summed E-state index contributed by atoms with van der Waals surface area (Å²) in [5, 5.41) is 3.79. The first-order chi connectivity index (χ1) is 10.2. The van der Waals surface area contributed by atoms with E-state index in [0.717, 1.165) is 11.8 Å². The van der Waals surface area contributed by atoms with E-state index in [9.17, 15) is 4.39 Å². The molecule has 1 spiro atoms. The average molecular weight is 289 g/mol. The molecular weight excluding hydrogens is 261 g/mol. The number of rotatable bonds is 4. The average Bonchev–Trinajstić information content (AvgIpc) is 2.93. The molecule has 0 radical (unpaired) electrons. The van der Waals surface area contributed by atoms with Gasteiger partial charge in [-0.1, -0.05) is 25.0 Å². The van der Waals surface area contributed by atoms with E-state index >= 15 is 0 Å². The molecule has 2 aliphatic rings. The molecule has 1 N–H and O–H groups in total. The highest BCUT2D eigenvalue weighted by atomic mass is 19.1. The normalized spacial score (nSPS) is 23.5. The molecular formula is C19H28FN. The fourth-order valence-electron chi connectivity index (χ4n) is 4.46. The van der Waals surface area contributed by atoms with Crippen LogP contribution in [0, 0.1) is 11.2 Å². The highest BCUT2D eigenvalue weighted by Gasteiger charge is 2.37. The molecule has 0 bridgehead atoms. The van der Waals surface area contributed by atoms with Crippen molar-refractivity contribution in [2.75, 3.05) is 0 Å². The van der Waals surface area contributed by atoms with Crippen molar-refractivity contribution in [1.82, 2.24) is 5.32 Å². The van der Waals surface area contributed by atoms with Crippen LogP contribution in [0.1, 0.15) is 63.9 Å². The molecule has 1 nitrogen and oxygen atoms in total. The van der Waals surface area contributed by atoms with Crippen LogP contribution in [-0.2, 0) is 6.42 Å². The first-order valence-corrected chi connectivity index (χ1v) is 8.66. The fraction of sp³-hybridized carbons (Fsp3) is 0.684. The fourth-order valence-corrected chi connectivity index (χ4v) is 4.46. The van der Waals surface area contributed by atoms with Crippen LogP contribution in [-0.4, -0.2) is 12.1 Å². The summed E-state index contributed by atoms with van der Waals surface area (Å²) in [5.74, 6) is -0.145. The zero-order valence-corrected chi connectivity index (χ0v) is 13.2. The Balaban J connectivity index is 1.45. The second-order valence-electron chi connectivity index (χ2n) is 7.38. The van der Waals surface area contributed by atoms with Gasteiger partial charge in [-0.15, -0.1) is 0 Å². The van der Waals surface area contributed by atoms with Gasteiger partial charge in [-0.2, -0.15) is 0 Å². The molecule has 2 fully saturated rings. The Bertz CT molecular complexity index is 437. The number of nitrogens with one attached hydrogen (secondary N) is 1. The van der Waals surface area contributed by atoms with Crippen molar-refractivity contribution in [3.63, 3.8) is 0 Å². The summed E-state index contributed by atoms with van der Waals surface area (Å²) < 4.78 is 12.9. The van der Waals surface area contributed by atoms with Crippen molar-refractivity contribution in [3.05, 3.63) is 35.6 Å². The van der Waals surface area contributed by atoms with Crippen molar-refractivity contribution < 1.29 is 4.39 Å². The van der Waals surface area contributed by atoms with Crippen LogP contribution in [0.4, 0.5) is 4.39 Å². The van der Waals surface area contributed by atoms with Gasteiger partial charge in [-0.05, 0) is 75.0 Å². The molecule has 1 aromatic carbocycles. The van der Waals surface area contributed by atoms with E-state index in [1.807, 2.05) is 12.1 Å². The van der Waals surface area contributed by atoms with Crippen LogP contribution in [0.25, 0.3) is 0 Å². The molecule has 2 saturated carbocycles. The lowest BCUT2D eigenvalue weighted by Crippen LogP contribution is -2.42. The third kappa shape index (κ3) is 3.85. The van der Waals surface area contributed by atoms with E-state index in [0.29, 0.717) is 12.1 Å². The van der Waals surface area contributed by atoms with Gasteiger partial charge < -0.3 is 5.32 Å². The maximum Gasteiger partial charge on any atom is 0.123 e. The minimum atomic E-state index is -0.145. The zero-order chi connectivity index (χ0) is 14.7. The molecule has 0 aliphatic heterocycles. The highest BCUT2D eigenvalue weighted by molar-refractivity contribution is 5.17. The van der Waals surface area contributed by atoms with Crippen LogP contribution < -0.4 is 5.32 Å². The molecule has 21 heavy (non-hydrogen) atoms. The number of halogens is 1. The molecule has 0 heterocycles. The lowest BCUT2D eigenvalue weighted by Gasteiger charge is -2.38. The third-order valence-corrected chi connectivity index (χ3v) is 5.69. The Morgan fingerprint density at radius 1 is 1.10 bits per heavy atom. The summed E-state index contributed by atoms with van der Waals surface area (Å²) in [6.07, 6.45) is 12.4. The molecule has 3 rings (SSSR count). The Hall–Kier alpha value is -0.890. The van der Waals surface area contributed by atoms with Gasteiger partial charge in [0.05, 0.1) is 0 Å². The second kappa shape index (κ2) is 6.48. The molecule has 0 amide bonds. The van der Waals surface area contributed by atoms with Gasteiger partial charge in [0.25, 0.3) is 0 Å². The van der Waals surface area contributed by atoms with Gasteiger partial charge in [0.2, 0.25) is 0 Å². The summed E-state index contributed by atoms with van der Waals surface area (Å²) in [6, 6.07) is 8.09. The lowest BCUT2D eigenvalue weighted by atomic mass is 9.71. The van der Waals surface area contributed by atoms with Crippen molar-refractivity contribution >= 4 is 0 Å². The van der Waals surface area contributed by atoms with Gasteiger partial charge in [-0.3, -0.25) is 0 Å². The van der Waals surface area contributed by atoms with Crippen molar-refractivity contribution in [2.45, 2.75) is 76.8 Å². The molecule has 2 heteroatoms. The van der Waals surface area contributed by atoms with Crippen molar-refractivity contribution in [1.29, 1.82) is 0 Å². The summed E-state index contributed by atoms with van der Waals surface area (Å²) >= 11 is 0. The van der Waals surface area contributed by atoms with E-state index in [1.54, 1.807) is 12.1 Å². The minimum absolute atomic E-state index is 0.145. The summed E-state index contributed by atoms with van der Waals surface area (Å²) in [7, 11) is 0. The van der Waals surface area contributed by atoms with Crippen LogP contribution in [0.2, 0.25) is 0 Å². The van der Waals surface area contributed by atoms with Crippen LogP contribution >= 0.6 is 0 Å². The number of hydrogen-bond donors (Lipinski definition) is 1. The van der Waals surface area contributed by atoms with E-state index in [1.165, 1.54) is 56.9 Å². The van der Waals surface area contributed by atoms with Gasteiger partial charge in [0.1, 0.15) is 5.82 Å². The van der Waals surface area contributed by atoms with E-state index in [-0.39, 0.29) is 5.82 Å². The van der Waals surface area contributed by atoms with Crippen LogP contribution in [0.5, 0.6) is 0 Å². The summed E-state index contributed by atoms with van der Waals surface area (Å²) in [6.45, 7) is 2.25. The first kappa shape index (κ1) is 15.0. The first-order valence-electron chi connectivity index (χ1n) is 8.66. The Kier molecular flexibility index (Phi) is 4.63. The molecule has 1 atom stereocenters. The largest absolute Gasteiger partial charge is 0.311 e. The summed E-state index contributed by atoms with van der Waals surface area (Å²) in [5.41, 5.74) is 1.94. The molecule has 0 saturated heterocycles. The smallest absolute Gasteiger partial charge is 0.123 e. The Morgan fingerprint density at radius 3 is 2.33 bits per heavy atom. The maximum absolute atomic E-state index is 12.9. The maximum atomic E-state index is 12.9.